The summed E-state index contributed by atoms with van der Waals surface area (Å²) in [5.74, 6) is -3.77. The molecule has 11 N–H and O–H groups in total. The fourth-order valence-electron chi connectivity index (χ4n) is 2.46. The number of aliphatic carboxylic acids is 1. The highest BCUT2D eigenvalue weighted by molar-refractivity contribution is 5.94. The Balaban J connectivity index is 4.76. The third kappa shape index (κ3) is 10.6. The van der Waals surface area contributed by atoms with Crippen LogP contribution in [0.1, 0.15) is 40.0 Å². The second kappa shape index (κ2) is 14.1. The Morgan fingerprint density at radius 1 is 1.00 bits per heavy atom. The van der Waals surface area contributed by atoms with Gasteiger partial charge in [-0.3, -0.25) is 19.4 Å². The predicted molar refractivity (Wildman–Crippen MR) is 114 cm³/mol. The molecule has 0 fully saturated rings. The summed E-state index contributed by atoms with van der Waals surface area (Å²) in [6, 6.07) is -4.50. The van der Waals surface area contributed by atoms with Crippen LogP contribution in [-0.2, 0) is 19.2 Å². The highest BCUT2D eigenvalue weighted by Crippen LogP contribution is 2.08. The highest BCUT2D eigenvalue weighted by atomic mass is 16.4. The molecule has 0 saturated carbocycles. The lowest BCUT2D eigenvalue weighted by Gasteiger charge is -2.24. The Bertz CT molecular complexity index is 653. The van der Waals surface area contributed by atoms with Crippen LogP contribution in [0.4, 0.5) is 0 Å². The van der Waals surface area contributed by atoms with E-state index in [1.807, 2.05) is 0 Å². The molecule has 0 rings (SSSR count). The third-order valence-electron chi connectivity index (χ3n) is 4.65. The fourth-order valence-corrected chi connectivity index (χ4v) is 2.46. The van der Waals surface area contributed by atoms with Gasteiger partial charge in [-0.15, -0.1) is 0 Å². The molecule has 13 heteroatoms. The number of carbonyl (C=O) groups excluding carboxylic acids is 3. The maximum absolute atomic E-state index is 12.3. The molecule has 0 aliphatic carbocycles. The zero-order chi connectivity index (χ0) is 24.1. The van der Waals surface area contributed by atoms with E-state index in [4.69, 9.17) is 17.2 Å². The van der Waals surface area contributed by atoms with Crippen molar-refractivity contribution >= 4 is 29.7 Å². The van der Waals surface area contributed by atoms with Crippen molar-refractivity contribution in [1.82, 2.24) is 16.0 Å². The first-order valence-corrected chi connectivity index (χ1v) is 10.00. The summed E-state index contributed by atoms with van der Waals surface area (Å²) in [6.45, 7) is 4.39. The molecular weight excluding hydrogens is 410 g/mol. The lowest BCUT2D eigenvalue weighted by molar-refractivity contribution is -0.143. The molecule has 0 aliphatic heterocycles. The topological polar surface area (TPSA) is 235 Å². The van der Waals surface area contributed by atoms with Gasteiger partial charge in [-0.05, 0) is 25.7 Å². The second-order valence-electron chi connectivity index (χ2n) is 7.24. The van der Waals surface area contributed by atoms with E-state index in [0.717, 1.165) is 0 Å². The van der Waals surface area contributed by atoms with Crippen LogP contribution in [0.15, 0.2) is 4.99 Å². The van der Waals surface area contributed by atoms with Gasteiger partial charge in [0.15, 0.2) is 5.96 Å². The number of nitrogens with zero attached hydrogens (tertiary/aromatic N) is 1. The van der Waals surface area contributed by atoms with Crippen molar-refractivity contribution in [2.24, 2.45) is 28.1 Å². The summed E-state index contributed by atoms with van der Waals surface area (Å²) in [6.07, 6.45) is 1.21. The first-order chi connectivity index (χ1) is 14.4. The van der Waals surface area contributed by atoms with Gasteiger partial charge in [0.2, 0.25) is 17.7 Å². The number of hydrogen-bond acceptors (Lipinski definition) is 7. The monoisotopic (exact) mass is 445 g/mol. The van der Waals surface area contributed by atoms with Gasteiger partial charge >= 0.3 is 5.97 Å². The van der Waals surface area contributed by atoms with E-state index < -0.39 is 54.5 Å². The van der Waals surface area contributed by atoms with Crippen LogP contribution in [0, 0.1) is 5.92 Å². The van der Waals surface area contributed by atoms with Crippen molar-refractivity contribution < 1.29 is 29.4 Å². The van der Waals surface area contributed by atoms with E-state index in [0.29, 0.717) is 12.8 Å². The summed E-state index contributed by atoms with van der Waals surface area (Å²) in [4.78, 5) is 51.8. The van der Waals surface area contributed by atoms with E-state index in [9.17, 15) is 29.4 Å². The molecular formula is C18H35N7O6. The molecule has 0 aromatic rings. The Labute approximate surface area is 181 Å². The average molecular weight is 446 g/mol. The number of nitrogens with two attached hydrogens (primary N) is 3. The standard InChI is InChI=1S/C18H35N7O6/c1-4-9(2)13(17(30)31)25-14(27)10(3)23-16(29)12(8-26)24-15(28)11(19)6-5-7-22-18(20)21/h9-13,26H,4-8,19H2,1-3H3,(H,23,29)(H,24,28)(H,25,27)(H,30,31)(H4,20,21,22). The van der Waals surface area contributed by atoms with E-state index in [1.54, 1.807) is 13.8 Å². The lowest BCUT2D eigenvalue weighted by Crippen LogP contribution is -2.57. The van der Waals surface area contributed by atoms with Crippen LogP contribution in [0.5, 0.6) is 0 Å². The van der Waals surface area contributed by atoms with Gasteiger partial charge in [0.05, 0.1) is 12.6 Å². The second-order valence-corrected chi connectivity index (χ2v) is 7.24. The minimum Gasteiger partial charge on any atom is -0.480 e. The molecule has 0 bridgehead atoms. The van der Waals surface area contributed by atoms with Crippen molar-refractivity contribution in [3.05, 3.63) is 0 Å². The molecule has 3 amide bonds. The van der Waals surface area contributed by atoms with E-state index in [2.05, 4.69) is 20.9 Å². The maximum Gasteiger partial charge on any atom is 0.326 e. The Morgan fingerprint density at radius 2 is 1.61 bits per heavy atom. The predicted octanol–water partition coefficient (Wildman–Crippen LogP) is -3.04. The van der Waals surface area contributed by atoms with Gasteiger partial charge in [-0.25, -0.2) is 4.79 Å². The zero-order valence-electron chi connectivity index (χ0n) is 18.1. The first kappa shape index (κ1) is 28.1. The van der Waals surface area contributed by atoms with Gasteiger partial charge in [0, 0.05) is 6.54 Å². The highest BCUT2D eigenvalue weighted by Gasteiger charge is 2.29. The van der Waals surface area contributed by atoms with E-state index in [-0.39, 0.29) is 24.8 Å². The van der Waals surface area contributed by atoms with Crippen molar-refractivity contribution in [2.75, 3.05) is 13.2 Å². The number of rotatable bonds is 14. The Kier molecular flexibility index (Phi) is 12.8. The molecule has 5 atom stereocenters. The first-order valence-electron chi connectivity index (χ1n) is 10.00. The van der Waals surface area contributed by atoms with Crippen LogP contribution >= 0.6 is 0 Å². The molecule has 5 unspecified atom stereocenters. The smallest absolute Gasteiger partial charge is 0.326 e. The van der Waals surface area contributed by atoms with Crippen molar-refractivity contribution in [3.8, 4) is 0 Å². The van der Waals surface area contributed by atoms with Crippen LogP contribution in [0.3, 0.4) is 0 Å². The van der Waals surface area contributed by atoms with Crippen LogP contribution < -0.4 is 33.2 Å². The van der Waals surface area contributed by atoms with Crippen LogP contribution in [0.25, 0.3) is 0 Å². The third-order valence-corrected chi connectivity index (χ3v) is 4.65. The van der Waals surface area contributed by atoms with Gasteiger partial charge in [0.1, 0.15) is 18.1 Å². The number of aliphatic imine (C=N–C) groups is 1. The fraction of sp³-hybridized carbons (Fsp3) is 0.722. The molecule has 0 aliphatic rings. The molecule has 178 valence electrons. The summed E-state index contributed by atoms with van der Waals surface area (Å²) < 4.78 is 0. The van der Waals surface area contributed by atoms with Gasteiger partial charge in [-0.1, -0.05) is 20.3 Å². The summed E-state index contributed by atoms with van der Waals surface area (Å²) in [5, 5.41) is 25.7. The van der Waals surface area contributed by atoms with Crippen molar-refractivity contribution in [2.45, 2.75) is 64.2 Å². The number of nitrogens with one attached hydrogen (secondary N) is 3. The zero-order valence-corrected chi connectivity index (χ0v) is 18.1. The van der Waals surface area contributed by atoms with Crippen LogP contribution in [0.2, 0.25) is 0 Å². The Morgan fingerprint density at radius 3 is 2.10 bits per heavy atom. The minimum atomic E-state index is -1.34. The number of carboxylic acids is 1. The van der Waals surface area contributed by atoms with Gasteiger partial charge in [-0.2, -0.15) is 0 Å². The van der Waals surface area contributed by atoms with Crippen molar-refractivity contribution in [3.63, 3.8) is 0 Å². The Hall–Kier alpha value is -2.93. The van der Waals surface area contributed by atoms with Crippen LogP contribution in [-0.4, -0.2) is 77.2 Å². The number of carboxylic acid groups (broad SMARTS) is 1. The number of aliphatic hydroxyl groups is 1. The van der Waals surface area contributed by atoms with E-state index >= 15 is 0 Å². The summed E-state index contributed by atoms with van der Waals surface area (Å²) in [5.41, 5.74) is 16.2. The minimum absolute atomic E-state index is 0.0768. The number of aliphatic hydroxyl groups excluding tert-OH is 1. The molecule has 0 aromatic carbocycles. The quantitative estimate of drug-likeness (QED) is 0.0769. The number of amides is 3. The number of guanidine groups is 1. The molecule has 0 aromatic heterocycles. The molecule has 0 radical (unpaired) electrons. The maximum atomic E-state index is 12.3. The molecule has 0 saturated heterocycles. The number of carbonyl (C=O) groups is 4. The normalized spacial score (nSPS) is 15.5. The van der Waals surface area contributed by atoms with E-state index in [1.165, 1.54) is 6.92 Å². The molecule has 0 heterocycles. The molecule has 13 nitrogen and oxygen atoms in total. The molecule has 0 spiro atoms. The number of hydrogen-bond donors (Lipinski definition) is 8. The lowest BCUT2D eigenvalue weighted by atomic mass is 9.99. The van der Waals surface area contributed by atoms with Crippen molar-refractivity contribution in [1.29, 1.82) is 0 Å². The van der Waals surface area contributed by atoms with Gasteiger partial charge in [0.25, 0.3) is 0 Å². The summed E-state index contributed by atoms with van der Waals surface area (Å²) in [7, 11) is 0. The largest absolute Gasteiger partial charge is 0.480 e. The van der Waals surface area contributed by atoms with Gasteiger partial charge < -0.3 is 43.4 Å². The SMILES string of the molecule is CCC(C)C(NC(=O)C(C)NC(=O)C(CO)NC(=O)C(N)CCCN=C(N)N)C(=O)O. The summed E-state index contributed by atoms with van der Waals surface area (Å²) >= 11 is 0. The average Bonchev–Trinajstić information content (AvgIpc) is 2.71. The molecule has 31 heavy (non-hydrogen) atoms.